The van der Waals surface area contributed by atoms with Crippen LogP contribution in [0.2, 0.25) is 0 Å². The molecule has 24 heavy (non-hydrogen) atoms. The topological polar surface area (TPSA) is 69.8 Å². The van der Waals surface area contributed by atoms with Crippen molar-refractivity contribution in [1.29, 1.82) is 0 Å². The SMILES string of the molecule is Cc1noc(C)c1CN1CC[C@@H]2[C@@H](CCC(=O)N2CCCCO)C1. The molecule has 0 spiro atoms. The Morgan fingerprint density at radius 3 is 2.83 bits per heavy atom. The van der Waals surface area contributed by atoms with E-state index in [2.05, 4.69) is 15.0 Å². The van der Waals surface area contributed by atoms with E-state index < -0.39 is 0 Å². The molecule has 0 aromatic carbocycles. The molecule has 2 fully saturated rings. The minimum absolute atomic E-state index is 0.210. The van der Waals surface area contributed by atoms with Gasteiger partial charge in [-0.1, -0.05) is 5.16 Å². The molecule has 2 saturated heterocycles. The molecule has 1 amide bonds. The lowest BCUT2D eigenvalue weighted by Crippen LogP contribution is -2.56. The van der Waals surface area contributed by atoms with Crippen LogP contribution in [0.3, 0.4) is 0 Å². The van der Waals surface area contributed by atoms with Gasteiger partial charge in [0.05, 0.1) is 5.69 Å². The van der Waals surface area contributed by atoms with E-state index in [9.17, 15) is 4.79 Å². The molecule has 0 bridgehead atoms. The van der Waals surface area contributed by atoms with Gasteiger partial charge in [-0.05, 0) is 45.4 Å². The monoisotopic (exact) mass is 335 g/mol. The molecule has 1 aromatic heterocycles. The van der Waals surface area contributed by atoms with E-state index in [0.717, 1.165) is 63.3 Å². The summed E-state index contributed by atoms with van der Waals surface area (Å²) in [6, 6.07) is 0.380. The fourth-order valence-corrected chi connectivity index (χ4v) is 4.21. The number of piperidine rings is 2. The lowest BCUT2D eigenvalue weighted by Gasteiger charge is -2.47. The van der Waals surface area contributed by atoms with Crippen LogP contribution >= 0.6 is 0 Å². The maximum atomic E-state index is 12.3. The predicted octanol–water partition coefficient (Wildman–Crippen LogP) is 1.88. The molecule has 1 N–H and O–H groups in total. The van der Waals surface area contributed by atoms with Gasteiger partial charge in [-0.3, -0.25) is 9.69 Å². The summed E-state index contributed by atoms with van der Waals surface area (Å²) in [7, 11) is 0. The third-order valence-electron chi connectivity index (χ3n) is 5.60. The first-order valence-corrected chi connectivity index (χ1v) is 9.14. The summed E-state index contributed by atoms with van der Waals surface area (Å²) in [5.74, 6) is 1.78. The maximum Gasteiger partial charge on any atom is 0.222 e. The molecule has 2 aliphatic heterocycles. The Morgan fingerprint density at radius 2 is 2.12 bits per heavy atom. The first-order chi connectivity index (χ1) is 11.6. The fourth-order valence-electron chi connectivity index (χ4n) is 4.21. The molecule has 6 heteroatoms. The second kappa shape index (κ2) is 7.66. The largest absolute Gasteiger partial charge is 0.396 e. The summed E-state index contributed by atoms with van der Waals surface area (Å²) in [4.78, 5) is 16.9. The van der Waals surface area contributed by atoms with Crippen LogP contribution in [0.15, 0.2) is 4.52 Å². The zero-order valence-electron chi connectivity index (χ0n) is 14.8. The predicted molar refractivity (Wildman–Crippen MR) is 90.4 cm³/mol. The van der Waals surface area contributed by atoms with Gasteiger partial charge in [0.2, 0.25) is 5.91 Å². The molecular weight excluding hydrogens is 306 g/mol. The number of amides is 1. The van der Waals surface area contributed by atoms with Gasteiger partial charge in [-0.25, -0.2) is 0 Å². The molecule has 2 atom stereocenters. The molecule has 1 aromatic rings. The Hall–Kier alpha value is -1.40. The van der Waals surface area contributed by atoms with Gasteiger partial charge >= 0.3 is 0 Å². The van der Waals surface area contributed by atoms with Gasteiger partial charge in [0.25, 0.3) is 0 Å². The number of aliphatic hydroxyl groups is 1. The number of unbranched alkanes of at least 4 members (excludes halogenated alkanes) is 1. The van der Waals surface area contributed by atoms with Gasteiger partial charge < -0.3 is 14.5 Å². The molecule has 0 radical (unpaired) electrons. The van der Waals surface area contributed by atoms with E-state index >= 15 is 0 Å². The van der Waals surface area contributed by atoms with Crippen LogP contribution in [0.25, 0.3) is 0 Å². The molecule has 0 saturated carbocycles. The summed E-state index contributed by atoms with van der Waals surface area (Å²) in [5, 5.41) is 13.0. The second-order valence-electron chi connectivity index (χ2n) is 7.21. The minimum atomic E-state index is 0.210. The van der Waals surface area contributed by atoms with E-state index in [1.165, 1.54) is 5.56 Å². The van der Waals surface area contributed by atoms with E-state index in [-0.39, 0.29) is 6.61 Å². The first kappa shape index (κ1) is 17.4. The average Bonchev–Trinajstić information content (AvgIpc) is 2.89. The van der Waals surface area contributed by atoms with Crippen LogP contribution in [0.4, 0.5) is 0 Å². The Labute approximate surface area is 143 Å². The van der Waals surface area contributed by atoms with Gasteiger partial charge in [0.1, 0.15) is 5.76 Å². The van der Waals surface area contributed by atoms with E-state index in [4.69, 9.17) is 9.63 Å². The zero-order chi connectivity index (χ0) is 17.1. The van der Waals surface area contributed by atoms with Crippen molar-refractivity contribution in [2.75, 3.05) is 26.2 Å². The Morgan fingerprint density at radius 1 is 1.29 bits per heavy atom. The molecule has 2 aliphatic rings. The maximum absolute atomic E-state index is 12.3. The second-order valence-corrected chi connectivity index (χ2v) is 7.21. The highest BCUT2D eigenvalue weighted by Crippen LogP contribution is 2.32. The number of aromatic nitrogens is 1. The fraction of sp³-hybridized carbons (Fsp3) is 0.778. The molecule has 3 heterocycles. The number of nitrogens with zero attached hydrogens (tertiary/aromatic N) is 3. The highest BCUT2D eigenvalue weighted by atomic mass is 16.5. The van der Waals surface area contributed by atoms with Crippen molar-refractivity contribution >= 4 is 5.91 Å². The summed E-state index contributed by atoms with van der Waals surface area (Å²) in [6.45, 7) is 7.92. The van der Waals surface area contributed by atoms with Crippen molar-refractivity contribution in [2.45, 2.75) is 58.5 Å². The van der Waals surface area contributed by atoms with Crippen molar-refractivity contribution in [2.24, 2.45) is 5.92 Å². The smallest absolute Gasteiger partial charge is 0.222 e. The summed E-state index contributed by atoms with van der Waals surface area (Å²) >= 11 is 0. The van der Waals surface area contributed by atoms with Crippen molar-refractivity contribution in [3.8, 4) is 0 Å². The summed E-state index contributed by atoms with van der Waals surface area (Å²) in [6.07, 6.45) is 4.38. The first-order valence-electron chi connectivity index (χ1n) is 9.14. The van der Waals surface area contributed by atoms with Gasteiger partial charge in [-0.2, -0.15) is 0 Å². The molecule has 134 valence electrons. The number of hydrogen-bond donors (Lipinski definition) is 1. The van der Waals surface area contributed by atoms with Crippen molar-refractivity contribution < 1.29 is 14.4 Å². The van der Waals surface area contributed by atoms with E-state index in [1.807, 2.05) is 13.8 Å². The molecule has 0 unspecified atom stereocenters. The van der Waals surface area contributed by atoms with E-state index in [1.54, 1.807) is 0 Å². The van der Waals surface area contributed by atoms with Gasteiger partial charge in [0, 0.05) is 50.8 Å². The van der Waals surface area contributed by atoms with Crippen LogP contribution < -0.4 is 0 Å². The lowest BCUT2D eigenvalue weighted by molar-refractivity contribution is -0.141. The van der Waals surface area contributed by atoms with Crippen LogP contribution in [0, 0.1) is 19.8 Å². The van der Waals surface area contributed by atoms with Gasteiger partial charge in [-0.15, -0.1) is 0 Å². The normalized spacial score (nSPS) is 25.1. The van der Waals surface area contributed by atoms with Crippen LogP contribution in [-0.4, -0.2) is 58.3 Å². The summed E-state index contributed by atoms with van der Waals surface area (Å²) in [5.41, 5.74) is 2.19. The Bertz CT molecular complexity index is 552. The molecule has 3 rings (SSSR count). The molecule has 0 aliphatic carbocycles. The highest BCUT2D eigenvalue weighted by molar-refractivity contribution is 5.77. The van der Waals surface area contributed by atoms with Crippen LogP contribution in [0.1, 0.15) is 49.1 Å². The number of hydrogen-bond acceptors (Lipinski definition) is 5. The Balaban J connectivity index is 1.60. The molecular formula is C18H29N3O3. The quantitative estimate of drug-likeness (QED) is 0.804. The van der Waals surface area contributed by atoms with E-state index in [0.29, 0.717) is 24.3 Å². The zero-order valence-corrected chi connectivity index (χ0v) is 14.8. The average molecular weight is 335 g/mol. The van der Waals surface area contributed by atoms with Crippen molar-refractivity contribution in [3.63, 3.8) is 0 Å². The standard InChI is InChI=1S/C18H29N3O3/c1-13-16(14(2)24-19-13)12-20-9-7-17-15(11-20)5-6-18(23)21(17)8-3-4-10-22/h15,17,22H,3-12H2,1-2H3/t15-,17+/m0/s1. The number of carbonyl (C=O) groups is 1. The third-order valence-corrected chi connectivity index (χ3v) is 5.60. The molecule has 6 nitrogen and oxygen atoms in total. The minimum Gasteiger partial charge on any atom is -0.396 e. The van der Waals surface area contributed by atoms with Gasteiger partial charge in [0.15, 0.2) is 0 Å². The van der Waals surface area contributed by atoms with Crippen LogP contribution in [-0.2, 0) is 11.3 Å². The number of fused-ring (bicyclic) bond motifs is 1. The number of aryl methyl sites for hydroxylation is 2. The number of likely N-dealkylation sites (tertiary alicyclic amines) is 2. The van der Waals surface area contributed by atoms with Crippen molar-refractivity contribution in [3.05, 3.63) is 17.0 Å². The van der Waals surface area contributed by atoms with Crippen molar-refractivity contribution in [1.82, 2.24) is 15.0 Å². The summed E-state index contributed by atoms with van der Waals surface area (Å²) < 4.78 is 5.28. The third kappa shape index (κ3) is 3.64. The number of rotatable bonds is 6. The Kier molecular flexibility index (Phi) is 5.56. The number of carbonyl (C=O) groups excluding carboxylic acids is 1. The lowest BCUT2D eigenvalue weighted by atomic mass is 9.83. The number of aliphatic hydroxyl groups excluding tert-OH is 1. The van der Waals surface area contributed by atoms with Crippen LogP contribution in [0.5, 0.6) is 0 Å². The highest BCUT2D eigenvalue weighted by Gasteiger charge is 2.39.